The van der Waals surface area contributed by atoms with Gasteiger partial charge in [0.2, 0.25) is 0 Å². The summed E-state index contributed by atoms with van der Waals surface area (Å²) in [5, 5.41) is 2.42. The van der Waals surface area contributed by atoms with Crippen LogP contribution in [-0.2, 0) is 6.18 Å². The monoisotopic (exact) mass is 325 g/mol. The summed E-state index contributed by atoms with van der Waals surface area (Å²) in [5.74, 6) is -0.0980. The Balaban J connectivity index is 2.34. The molecule has 23 heavy (non-hydrogen) atoms. The second kappa shape index (κ2) is 6.60. The zero-order valence-electron chi connectivity index (χ0n) is 12.4. The van der Waals surface area contributed by atoms with Gasteiger partial charge < -0.3 is 14.8 Å². The molecule has 0 fully saturated rings. The summed E-state index contributed by atoms with van der Waals surface area (Å²) in [6.45, 7) is 0. The lowest BCUT2D eigenvalue weighted by molar-refractivity contribution is -0.137. The van der Waals surface area contributed by atoms with Gasteiger partial charge in [0.1, 0.15) is 11.5 Å². The second-order valence-corrected chi connectivity index (χ2v) is 4.56. The van der Waals surface area contributed by atoms with Crippen molar-refractivity contribution < 1.29 is 27.4 Å². The summed E-state index contributed by atoms with van der Waals surface area (Å²) in [7, 11) is 2.85. The first kappa shape index (κ1) is 16.7. The predicted molar refractivity (Wildman–Crippen MR) is 78.9 cm³/mol. The summed E-state index contributed by atoms with van der Waals surface area (Å²) >= 11 is 0. The van der Waals surface area contributed by atoms with Crippen LogP contribution in [0.1, 0.15) is 15.9 Å². The van der Waals surface area contributed by atoms with Crippen LogP contribution in [0.25, 0.3) is 0 Å². The van der Waals surface area contributed by atoms with Crippen molar-refractivity contribution in [1.82, 2.24) is 0 Å². The van der Waals surface area contributed by atoms with Crippen molar-refractivity contribution in [2.24, 2.45) is 0 Å². The number of carbonyl (C=O) groups is 1. The second-order valence-electron chi connectivity index (χ2n) is 4.56. The van der Waals surface area contributed by atoms with E-state index >= 15 is 0 Å². The summed E-state index contributed by atoms with van der Waals surface area (Å²) in [6, 6.07) is 9.15. The van der Waals surface area contributed by atoms with Crippen LogP contribution in [0.4, 0.5) is 18.9 Å². The van der Waals surface area contributed by atoms with Gasteiger partial charge in [0.05, 0.1) is 31.0 Å². The molecule has 4 nitrogen and oxygen atoms in total. The fourth-order valence-corrected chi connectivity index (χ4v) is 2.02. The third-order valence-corrected chi connectivity index (χ3v) is 3.13. The van der Waals surface area contributed by atoms with Gasteiger partial charge in [-0.05, 0) is 24.3 Å². The van der Waals surface area contributed by atoms with Crippen molar-refractivity contribution in [3.8, 4) is 11.5 Å². The molecular weight excluding hydrogens is 311 g/mol. The van der Waals surface area contributed by atoms with Crippen LogP contribution in [0, 0.1) is 0 Å². The van der Waals surface area contributed by atoms with Gasteiger partial charge in [0, 0.05) is 6.07 Å². The molecule has 0 atom stereocenters. The molecule has 0 saturated heterocycles. The Morgan fingerprint density at radius 2 is 1.74 bits per heavy atom. The normalized spacial score (nSPS) is 11.0. The van der Waals surface area contributed by atoms with Crippen LogP contribution in [-0.4, -0.2) is 20.1 Å². The number of ether oxygens (including phenoxy) is 2. The van der Waals surface area contributed by atoms with Gasteiger partial charge in [-0.25, -0.2) is 0 Å². The average molecular weight is 325 g/mol. The maximum atomic E-state index is 13.0. The van der Waals surface area contributed by atoms with E-state index in [0.717, 1.165) is 12.1 Å². The lowest BCUT2D eigenvalue weighted by Crippen LogP contribution is -2.18. The van der Waals surface area contributed by atoms with E-state index < -0.39 is 23.2 Å². The highest BCUT2D eigenvalue weighted by Crippen LogP contribution is 2.33. The van der Waals surface area contributed by atoms with E-state index in [9.17, 15) is 18.0 Å². The lowest BCUT2D eigenvalue weighted by atomic mass is 10.1. The van der Waals surface area contributed by atoms with Crippen molar-refractivity contribution in [2.75, 3.05) is 19.5 Å². The number of amides is 1. The Morgan fingerprint density at radius 3 is 2.35 bits per heavy atom. The van der Waals surface area contributed by atoms with Crippen molar-refractivity contribution in [2.45, 2.75) is 6.18 Å². The van der Waals surface area contributed by atoms with Gasteiger partial charge in [-0.2, -0.15) is 13.2 Å². The highest BCUT2D eigenvalue weighted by molar-refractivity contribution is 6.06. The van der Waals surface area contributed by atoms with Crippen LogP contribution >= 0.6 is 0 Å². The maximum Gasteiger partial charge on any atom is 0.417 e. The van der Waals surface area contributed by atoms with Gasteiger partial charge in [-0.15, -0.1) is 0 Å². The van der Waals surface area contributed by atoms with E-state index in [0.29, 0.717) is 5.75 Å². The van der Waals surface area contributed by atoms with E-state index in [1.807, 2.05) is 0 Å². The molecule has 1 N–H and O–H groups in total. The Bertz CT molecular complexity index is 714. The number of rotatable bonds is 4. The topological polar surface area (TPSA) is 47.6 Å². The zero-order chi connectivity index (χ0) is 17.0. The molecule has 0 heterocycles. The fraction of sp³-hybridized carbons (Fsp3) is 0.188. The average Bonchev–Trinajstić information content (AvgIpc) is 2.54. The van der Waals surface area contributed by atoms with E-state index in [-0.39, 0.29) is 11.4 Å². The van der Waals surface area contributed by atoms with Crippen molar-refractivity contribution in [1.29, 1.82) is 0 Å². The minimum Gasteiger partial charge on any atom is -0.497 e. The van der Waals surface area contributed by atoms with Crippen LogP contribution < -0.4 is 14.8 Å². The molecule has 1 amide bonds. The van der Waals surface area contributed by atoms with Gasteiger partial charge in [0.15, 0.2) is 0 Å². The first-order valence-electron chi connectivity index (χ1n) is 6.56. The Morgan fingerprint density at radius 1 is 1.04 bits per heavy atom. The molecule has 0 aliphatic heterocycles. The van der Waals surface area contributed by atoms with Gasteiger partial charge in [0.25, 0.3) is 5.91 Å². The number of hydrogen-bond acceptors (Lipinski definition) is 3. The molecule has 0 spiro atoms. The minimum atomic E-state index is -4.61. The third kappa shape index (κ3) is 3.74. The lowest BCUT2D eigenvalue weighted by Gasteiger charge is -2.14. The molecule has 0 aromatic heterocycles. The molecule has 2 aromatic rings. The highest BCUT2D eigenvalue weighted by Gasteiger charge is 2.34. The van der Waals surface area contributed by atoms with Crippen LogP contribution in [0.5, 0.6) is 11.5 Å². The molecule has 0 aliphatic carbocycles. The molecule has 2 aromatic carbocycles. The molecule has 0 aliphatic rings. The summed E-state index contributed by atoms with van der Waals surface area (Å²) < 4.78 is 49.0. The zero-order valence-corrected chi connectivity index (χ0v) is 12.4. The number of methoxy groups -OCH3 is 2. The number of nitrogens with one attached hydrogen (secondary N) is 1. The Labute approximate surface area is 130 Å². The third-order valence-electron chi connectivity index (χ3n) is 3.13. The summed E-state index contributed by atoms with van der Waals surface area (Å²) in [5.41, 5.74) is -1.21. The molecule has 2 rings (SSSR count). The largest absolute Gasteiger partial charge is 0.497 e. The number of halogens is 3. The van der Waals surface area contributed by atoms with Crippen LogP contribution in [0.15, 0.2) is 42.5 Å². The van der Waals surface area contributed by atoms with Crippen molar-refractivity contribution >= 4 is 11.6 Å². The van der Waals surface area contributed by atoms with Crippen LogP contribution in [0.3, 0.4) is 0 Å². The first-order chi connectivity index (χ1) is 10.9. The van der Waals surface area contributed by atoms with E-state index in [1.165, 1.54) is 38.5 Å². The predicted octanol–water partition coefficient (Wildman–Crippen LogP) is 3.97. The van der Waals surface area contributed by atoms with E-state index in [1.54, 1.807) is 6.07 Å². The van der Waals surface area contributed by atoms with Crippen molar-refractivity contribution in [3.63, 3.8) is 0 Å². The van der Waals surface area contributed by atoms with E-state index in [4.69, 9.17) is 9.47 Å². The molecule has 0 bridgehead atoms. The fourth-order valence-electron chi connectivity index (χ4n) is 2.02. The number of anilines is 1. The molecule has 0 unspecified atom stereocenters. The molecule has 122 valence electrons. The van der Waals surface area contributed by atoms with Gasteiger partial charge in [-0.3, -0.25) is 4.79 Å². The number of hydrogen-bond donors (Lipinski definition) is 1. The number of carbonyl (C=O) groups excluding carboxylic acids is 1. The quantitative estimate of drug-likeness (QED) is 0.925. The molecule has 7 heteroatoms. The maximum absolute atomic E-state index is 13.0. The number of alkyl halides is 3. The van der Waals surface area contributed by atoms with Gasteiger partial charge in [-0.1, -0.05) is 12.1 Å². The summed E-state index contributed by atoms with van der Waals surface area (Å²) in [6.07, 6.45) is -4.61. The summed E-state index contributed by atoms with van der Waals surface area (Å²) in [4.78, 5) is 12.2. The minimum absolute atomic E-state index is 0.246. The molecular formula is C16H14F3NO3. The first-order valence-corrected chi connectivity index (χ1v) is 6.56. The number of benzene rings is 2. The highest BCUT2D eigenvalue weighted by atomic mass is 19.4. The molecule has 0 radical (unpaired) electrons. The standard InChI is InChI=1S/C16H14F3NO3/c1-22-10-7-8-13(14(9-10)23-2)20-15(21)11-5-3-4-6-12(11)16(17,18)19/h3-9H,1-2H3,(H,20,21). The Hall–Kier alpha value is -2.70. The van der Waals surface area contributed by atoms with E-state index in [2.05, 4.69) is 5.32 Å². The van der Waals surface area contributed by atoms with Crippen LogP contribution in [0.2, 0.25) is 0 Å². The smallest absolute Gasteiger partial charge is 0.417 e. The Kier molecular flexibility index (Phi) is 4.78. The molecule has 0 saturated carbocycles. The van der Waals surface area contributed by atoms with Crippen molar-refractivity contribution in [3.05, 3.63) is 53.6 Å². The SMILES string of the molecule is COc1ccc(NC(=O)c2ccccc2C(F)(F)F)c(OC)c1. The van der Waals surface area contributed by atoms with Gasteiger partial charge >= 0.3 is 6.18 Å².